The average molecular weight is 331 g/mol. The molecule has 1 aromatic heterocycles. The summed E-state index contributed by atoms with van der Waals surface area (Å²) in [6.07, 6.45) is 1.47. The van der Waals surface area contributed by atoms with Crippen LogP contribution >= 0.6 is 11.6 Å². The summed E-state index contributed by atoms with van der Waals surface area (Å²) in [4.78, 5) is 12.2. The Morgan fingerprint density at radius 3 is 2.61 bits per heavy atom. The summed E-state index contributed by atoms with van der Waals surface area (Å²) in [7, 11) is 1.46. The topological polar surface area (TPSA) is 79.1 Å². The first-order chi connectivity index (χ1) is 11.2. The maximum atomic E-state index is 12.2. The first-order valence-electron chi connectivity index (χ1n) is 6.56. The first-order valence-corrected chi connectivity index (χ1v) is 6.94. The van der Waals surface area contributed by atoms with E-state index in [0.717, 1.165) is 5.69 Å². The summed E-state index contributed by atoms with van der Waals surface area (Å²) in [6, 6.07) is 11.5. The summed E-state index contributed by atoms with van der Waals surface area (Å²) in [5.41, 5.74) is 1.04. The molecule has 3 aromatic rings. The zero-order chi connectivity index (χ0) is 16.2. The van der Waals surface area contributed by atoms with Crippen LogP contribution in [0.25, 0.3) is 5.69 Å². The number of esters is 1. The fourth-order valence-corrected chi connectivity index (χ4v) is 2.10. The number of carbonyl (C=O) groups is 1. The molecule has 3 rings (SSSR count). The van der Waals surface area contributed by atoms with E-state index in [-0.39, 0.29) is 0 Å². The zero-order valence-electron chi connectivity index (χ0n) is 12.0. The highest BCUT2D eigenvalue weighted by Gasteiger charge is 2.15. The maximum Gasteiger partial charge on any atom is 0.347 e. The Bertz CT molecular complexity index is 819. The minimum Gasteiger partial charge on any atom is -0.496 e. The number of rotatable bonds is 4. The molecule has 23 heavy (non-hydrogen) atoms. The molecule has 0 amide bonds. The van der Waals surface area contributed by atoms with Crippen LogP contribution in [0.5, 0.6) is 11.5 Å². The van der Waals surface area contributed by atoms with E-state index < -0.39 is 5.97 Å². The fraction of sp³-hybridized carbons (Fsp3) is 0.0667. The molecule has 0 saturated carbocycles. The van der Waals surface area contributed by atoms with Crippen molar-refractivity contribution in [3.05, 3.63) is 59.4 Å². The third kappa shape index (κ3) is 3.29. The van der Waals surface area contributed by atoms with Gasteiger partial charge in [-0.2, -0.15) is 0 Å². The van der Waals surface area contributed by atoms with Gasteiger partial charge in [0.1, 0.15) is 23.4 Å². The number of aromatic nitrogens is 4. The third-order valence-electron chi connectivity index (χ3n) is 3.04. The van der Waals surface area contributed by atoms with Crippen LogP contribution in [0.2, 0.25) is 5.02 Å². The highest BCUT2D eigenvalue weighted by atomic mass is 35.5. The number of methoxy groups -OCH3 is 1. The van der Waals surface area contributed by atoms with Crippen molar-refractivity contribution in [2.45, 2.75) is 0 Å². The molecule has 1 heterocycles. The van der Waals surface area contributed by atoms with Crippen LogP contribution in [-0.4, -0.2) is 33.3 Å². The lowest BCUT2D eigenvalue weighted by Gasteiger charge is -2.09. The Morgan fingerprint density at radius 2 is 1.96 bits per heavy atom. The van der Waals surface area contributed by atoms with E-state index in [1.807, 2.05) is 0 Å². The minimum absolute atomic E-state index is 0.293. The van der Waals surface area contributed by atoms with E-state index in [2.05, 4.69) is 15.5 Å². The zero-order valence-corrected chi connectivity index (χ0v) is 12.8. The van der Waals surface area contributed by atoms with Crippen molar-refractivity contribution >= 4 is 17.6 Å². The van der Waals surface area contributed by atoms with Crippen LogP contribution in [0, 0.1) is 0 Å². The van der Waals surface area contributed by atoms with Crippen LogP contribution in [-0.2, 0) is 0 Å². The van der Waals surface area contributed by atoms with Crippen molar-refractivity contribution in [3.8, 4) is 17.2 Å². The molecule has 0 spiro atoms. The molecule has 7 nitrogen and oxygen atoms in total. The summed E-state index contributed by atoms with van der Waals surface area (Å²) >= 11 is 5.88. The van der Waals surface area contributed by atoms with Crippen molar-refractivity contribution in [1.82, 2.24) is 20.2 Å². The fourth-order valence-electron chi connectivity index (χ4n) is 1.94. The van der Waals surface area contributed by atoms with E-state index >= 15 is 0 Å². The van der Waals surface area contributed by atoms with Gasteiger partial charge in [0, 0.05) is 5.02 Å². The van der Waals surface area contributed by atoms with E-state index in [4.69, 9.17) is 21.1 Å². The van der Waals surface area contributed by atoms with Gasteiger partial charge in [-0.1, -0.05) is 11.6 Å². The van der Waals surface area contributed by atoms with Gasteiger partial charge in [-0.3, -0.25) is 0 Å². The molecule has 2 aromatic carbocycles. The smallest absolute Gasteiger partial charge is 0.347 e. The summed E-state index contributed by atoms with van der Waals surface area (Å²) in [5.74, 6) is 0.213. The molecule has 0 unspecified atom stereocenters. The number of benzene rings is 2. The van der Waals surface area contributed by atoms with Gasteiger partial charge in [0.25, 0.3) is 0 Å². The van der Waals surface area contributed by atoms with Crippen LogP contribution in [0.3, 0.4) is 0 Å². The Morgan fingerprint density at radius 1 is 1.17 bits per heavy atom. The van der Waals surface area contributed by atoms with E-state index in [0.29, 0.717) is 22.1 Å². The molecule has 0 fully saturated rings. The largest absolute Gasteiger partial charge is 0.496 e. The molecule has 0 aliphatic carbocycles. The van der Waals surface area contributed by atoms with Crippen LogP contribution in [0.1, 0.15) is 10.4 Å². The number of carbonyl (C=O) groups excluding carboxylic acids is 1. The third-order valence-corrected chi connectivity index (χ3v) is 3.28. The van der Waals surface area contributed by atoms with Crippen molar-refractivity contribution in [2.24, 2.45) is 0 Å². The normalized spacial score (nSPS) is 10.3. The Hall–Kier alpha value is -2.93. The predicted octanol–water partition coefficient (Wildman–Crippen LogP) is 2.54. The van der Waals surface area contributed by atoms with Crippen LogP contribution in [0.15, 0.2) is 48.8 Å². The monoisotopic (exact) mass is 330 g/mol. The van der Waals surface area contributed by atoms with E-state index in [1.165, 1.54) is 18.1 Å². The molecular weight excluding hydrogens is 320 g/mol. The Kier molecular flexibility index (Phi) is 4.20. The minimum atomic E-state index is -0.534. The molecule has 0 radical (unpaired) electrons. The van der Waals surface area contributed by atoms with Crippen molar-refractivity contribution in [2.75, 3.05) is 7.11 Å². The average Bonchev–Trinajstić information content (AvgIpc) is 3.09. The van der Waals surface area contributed by atoms with Crippen molar-refractivity contribution in [3.63, 3.8) is 0 Å². The van der Waals surface area contributed by atoms with Gasteiger partial charge in [0.05, 0.1) is 12.8 Å². The van der Waals surface area contributed by atoms with Gasteiger partial charge in [0.15, 0.2) is 0 Å². The van der Waals surface area contributed by atoms with E-state index in [9.17, 15) is 4.79 Å². The molecule has 0 atom stereocenters. The van der Waals surface area contributed by atoms with Gasteiger partial charge in [0.2, 0.25) is 0 Å². The second-order valence-electron chi connectivity index (χ2n) is 4.48. The molecule has 0 saturated heterocycles. The number of nitrogens with zero attached hydrogens (tertiary/aromatic N) is 4. The quantitative estimate of drug-likeness (QED) is 0.540. The van der Waals surface area contributed by atoms with Gasteiger partial charge >= 0.3 is 5.97 Å². The molecule has 116 valence electrons. The van der Waals surface area contributed by atoms with Crippen molar-refractivity contribution < 1.29 is 14.3 Å². The number of hydrogen-bond donors (Lipinski definition) is 0. The molecular formula is C15H11ClN4O3. The SMILES string of the molecule is COc1cc(Cl)ccc1C(=O)Oc1ccc(-n2cnnn2)cc1. The number of tetrazole rings is 1. The molecule has 0 bridgehead atoms. The van der Waals surface area contributed by atoms with Crippen molar-refractivity contribution in [1.29, 1.82) is 0 Å². The molecule has 0 N–H and O–H groups in total. The van der Waals surface area contributed by atoms with Gasteiger partial charge < -0.3 is 9.47 Å². The number of halogens is 1. The standard InChI is InChI=1S/C15H11ClN4O3/c1-22-14-8-10(16)2-7-13(14)15(21)23-12-5-3-11(4-6-12)20-9-17-18-19-20/h2-9H,1H3. The summed E-state index contributed by atoms with van der Waals surface area (Å²) in [5, 5.41) is 11.4. The summed E-state index contributed by atoms with van der Waals surface area (Å²) < 4.78 is 12.0. The molecule has 0 aliphatic heterocycles. The second-order valence-corrected chi connectivity index (χ2v) is 4.92. The highest BCUT2D eigenvalue weighted by Crippen LogP contribution is 2.25. The molecule has 8 heteroatoms. The summed E-state index contributed by atoms with van der Waals surface area (Å²) in [6.45, 7) is 0. The maximum absolute atomic E-state index is 12.2. The van der Waals surface area contributed by atoms with Gasteiger partial charge in [-0.25, -0.2) is 9.48 Å². The highest BCUT2D eigenvalue weighted by molar-refractivity contribution is 6.30. The van der Waals surface area contributed by atoms with E-state index in [1.54, 1.807) is 42.5 Å². The second kappa shape index (κ2) is 6.45. The predicted molar refractivity (Wildman–Crippen MR) is 82.1 cm³/mol. The van der Waals surface area contributed by atoms with Gasteiger partial charge in [-0.15, -0.1) is 5.10 Å². The van der Waals surface area contributed by atoms with Crippen LogP contribution < -0.4 is 9.47 Å². The lowest BCUT2D eigenvalue weighted by Crippen LogP contribution is -2.10. The number of ether oxygens (including phenoxy) is 2. The Labute approximate surface area is 136 Å². The number of hydrogen-bond acceptors (Lipinski definition) is 6. The van der Waals surface area contributed by atoms with Crippen LogP contribution in [0.4, 0.5) is 0 Å². The first kappa shape index (κ1) is 15.0. The Balaban J connectivity index is 1.78. The molecule has 0 aliphatic rings. The lowest BCUT2D eigenvalue weighted by atomic mass is 10.2. The van der Waals surface area contributed by atoms with Gasteiger partial charge in [-0.05, 0) is 52.9 Å². The lowest BCUT2D eigenvalue weighted by molar-refractivity contribution is 0.0731.